The lowest BCUT2D eigenvalue weighted by atomic mass is 10.1. The molecule has 4 rings (SSSR count). The van der Waals surface area contributed by atoms with Gasteiger partial charge in [-0.15, -0.1) is 5.10 Å². The number of hydrogen-bond acceptors (Lipinski definition) is 4. The predicted octanol–water partition coefficient (Wildman–Crippen LogP) is 3.91. The van der Waals surface area contributed by atoms with Crippen LogP contribution in [0.25, 0.3) is 5.69 Å². The highest BCUT2D eigenvalue weighted by Gasteiger charge is 2.29. The zero-order valence-corrected chi connectivity index (χ0v) is 16.9. The molecule has 0 radical (unpaired) electrons. The number of benzene rings is 2. The van der Waals surface area contributed by atoms with Gasteiger partial charge in [-0.25, -0.2) is 4.68 Å². The van der Waals surface area contributed by atoms with Gasteiger partial charge in [-0.05, 0) is 35.9 Å². The topological polar surface area (TPSA) is 60.2 Å². The highest BCUT2D eigenvalue weighted by Crippen LogP contribution is 2.33. The molecule has 0 aliphatic carbocycles. The Kier molecular flexibility index (Phi) is 4.88. The summed E-state index contributed by atoms with van der Waals surface area (Å²) >= 11 is 9.65. The Hall–Kier alpha value is -2.38. The number of carbonyl (C=O) groups excluding carboxylic acids is 1. The number of ether oxygens (including phenoxy) is 1. The molecular formula is C19H16BrClN4O2. The average Bonchev–Trinajstić information content (AvgIpc) is 3.04. The van der Waals surface area contributed by atoms with Gasteiger partial charge in [-0.2, -0.15) is 0 Å². The zero-order chi connectivity index (χ0) is 19.0. The summed E-state index contributed by atoms with van der Waals surface area (Å²) < 4.78 is 6.92. The van der Waals surface area contributed by atoms with Crippen LogP contribution < -0.4 is 9.64 Å². The van der Waals surface area contributed by atoms with Crippen molar-refractivity contribution in [3.63, 3.8) is 0 Å². The third kappa shape index (κ3) is 3.33. The van der Waals surface area contributed by atoms with E-state index in [1.54, 1.807) is 22.8 Å². The molecule has 2 heterocycles. The lowest BCUT2D eigenvalue weighted by molar-refractivity contribution is -0.118. The van der Waals surface area contributed by atoms with Crippen molar-refractivity contribution in [3.8, 4) is 11.4 Å². The monoisotopic (exact) mass is 446 g/mol. The number of amides is 1. The van der Waals surface area contributed by atoms with Crippen LogP contribution in [-0.4, -0.2) is 28.0 Å². The minimum Gasteiger partial charge on any atom is -0.497 e. The summed E-state index contributed by atoms with van der Waals surface area (Å²) in [6.07, 6.45) is 0.219. The fraction of sp³-hybridized carbons (Fsp3) is 0.211. The van der Waals surface area contributed by atoms with Crippen LogP contribution in [0.15, 0.2) is 42.5 Å². The molecule has 6 nitrogen and oxygen atoms in total. The van der Waals surface area contributed by atoms with Gasteiger partial charge in [0.15, 0.2) is 0 Å². The second kappa shape index (κ2) is 7.32. The maximum absolute atomic E-state index is 13.1. The molecule has 1 aliphatic rings. The molecule has 1 aromatic heterocycles. The van der Waals surface area contributed by atoms with E-state index in [4.69, 9.17) is 16.3 Å². The first-order valence-electron chi connectivity index (χ1n) is 8.33. The van der Waals surface area contributed by atoms with Crippen molar-refractivity contribution >= 4 is 39.1 Å². The number of aromatic nitrogens is 3. The van der Waals surface area contributed by atoms with Crippen LogP contribution in [0.3, 0.4) is 0 Å². The van der Waals surface area contributed by atoms with E-state index in [0.717, 1.165) is 34.1 Å². The molecule has 0 N–H and O–H groups in total. The number of alkyl halides is 1. The highest BCUT2D eigenvalue weighted by atomic mass is 79.9. The second-order valence-corrected chi connectivity index (χ2v) is 7.16. The lowest BCUT2D eigenvalue weighted by Crippen LogP contribution is -2.31. The van der Waals surface area contributed by atoms with Gasteiger partial charge in [0.05, 0.1) is 42.8 Å². The Morgan fingerprint density at radius 3 is 2.67 bits per heavy atom. The Bertz CT molecular complexity index is 1000. The van der Waals surface area contributed by atoms with E-state index in [2.05, 4.69) is 26.2 Å². The zero-order valence-electron chi connectivity index (χ0n) is 14.5. The average molecular weight is 448 g/mol. The summed E-state index contributed by atoms with van der Waals surface area (Å²) in [5, 5.41) is 9.55. The number of fused-ring (bicyclic) bond motifs is 3. The van der Waals surface area contributed by atoms with Gasteiger partial charge in [0.2, 0.25) is 5.91 Å². The summed E-state index contributed by atoms with van der Waals surface area (Å²) in [5.41, 5.74) is 4.03. The fourth-order valence-corrected chi connectivity index (χ4v) is 3.76. The third-order valence-electron chi connectivity index (χ3n) is 4.55. The van der Waals surface area contributed by atoms with Gasteiger partial charge in [0.1, 0.15) is 5.75 Å². The number of hydrogen-bond donors (Lipinski definition) is 0. The third-order valence-corrected chi connectivity index (χ3v) is 5.31. The first-order chi connectivity index (χ1) is 13.1. The quantitative estimate of drug-likeness (QED) is 0.569. The van der Waals surface area contributed by atoms with Crippen LogP contribution in [0.2, 0.25) is 5.02 Å². The number of anilines is 1. The summed E-state index contributed by atoms with van der Waals surface area (Å²) in [6, 6.07) is 13.1. The number of halogens is 2. The summed E-state index contributed by atoms with van der Waals surface area (Å²) in [5.74, 6) is 0.763. The number of carbonyl (C=O) groups is 1. The number of rotatable bonds is 4. The molecule has 0 atom stereocenters. The van der Waals surface area contributed by atoms with Crippen molar-refractivity contribution in [2.45, 2.75) is 18.3 Å². The van der Waals surface area contributed by atoms with E-state index in [0.29, 0.717) is 16.9 Å². The van der Waals surface area contributed by atoms with Crippen LogP contribution in [0, 0.1) is 0 Å². The molecule has 138 valence electrons. The van der Waals surface area contributed by atoms with Gasteiger partial charge in [0, 0.05) is 10.4 Å². The summed E-state index contributed by atoms with van der Waals surface area (Å²) in [6.45, 7) is 0.444. The van der Waals surface area contributed by atoms with Crippen molar-refractivity contribution in [2.75, 3.05) is 12.0 Å². The van der Waals surface area contributed by atoms with Gasteiger partial charge in [0.25, 0.3) is 0 Å². The Balaban J connectivity index is 1.79. The first kappa shape index (κ1) is 18.0. The molecular weight excluding hydrogens is 432 g/mol. The molecule has 2 aromatic carbocycles. The normalized spacial score (nSPS) is 13.1. The standard InChI is InChI=1S/C19H16BrClN4O2/c1-27-14-5-2-12(3-6-14)11-24-16-7-4-13(21)8-18(16)25-17(9-19(24)26)15(10-20)22-23-25/h2-8H,9-11H2,1H3. The smallest absolute Gasteiger partial charge is 0.233 e. The van der Waals surface area contributed by atoms with Gasteiger partial charge < -0.3 is 9.64 Å². The Morgan fingerprint density at radius 2 is 1.96 bits per heavy atom. The van der Waals surface area contributed by atoms with Gasteiger partial charge in [-0.3, -0.25) is 4.79 Å². The van der Waals surface area contributed by atoms with Crippen molar-refractivity contribution in [2.24, 2.45) is 0 Å². The van der Waals surface area contributed by atoms with Crippen LogP contribution in [0.4, 0.5) is 5.69 Å². The van der Waals surface area contributed by atoms with E-state index in [-0.39, 0.29) is 12.3 Å². The summed E-state index contributed by atoms with van der Waals surface area (Å²) in [4.78, 5) is 14.9. The molecule has 0 spiro atoms. The maximum Gasteiger partial charge on any atom is 0.233 e. The molecule has 0 saturated carbocycles. The predicted molar refractivity (Wildman–Crippen MR) is 107 cm³/mol. The molecule has 1 aliphatic heterocycles. The van der Waals surface area contributed by atoms with E-state index in [9.17, 15) is 4.79 Å². The first-order valence-corrected chi connectivity index (χ1v) is 9.83. The highest BCUT2D eigenvalue weighted by molar-refractivity contribution is 9.08. The van der Waals surface area contributed by atoms with E-state index in [1.807, 2.05) is 36.4 Å². The molecule has 3 aromatic rings. The van der Waals surface area contributed by atoms with E-state index >= 15 is 0 Å². The van der Waals surface area contributed by atoms with Crippen LogP contribution in [0.1, 0.15) is 17.0 Å². The number of methoxy groups -OCH3 is 1. The van der Waals surface area contributed by atoms with Gasteiger partial charge >= 0.3 is 0 Å². The molecule has 27 heavy (non-hydrogen) atoms. The van der Waals surface area contributed by atoms with Crippen molar-refractivity contribution in [3.05, 3.63) is 64.4 Å². The van der Waals surface area contributed by atoms with Crippen molar-refractivity contribution < 1.29 is 9.53 Å². The SMILES string of the molecule is COc1ccc(CN2C(=O)Cc3c(CBr)nnn3-c3cc(Cl)ccc32)cc1. The molecule has 8 heteroatoms. The van der Waals surface area contributed by atoms with E-state index in [1.165, 1.54) is 0 Å². The molecule has 0 bridgehead atoms. The molecule has 0 saturated heterocycles. The van der Waals surface area contributed by atoms with Crippen molar-refractivity contribution in [1.82, 2.24) is 15.0 Å². The Morgan fingerprint density at radius 1 is 1.19 bits per heavy atom. The Labute approximate surface area is 169 Å². The fourth-order valence-electron chi connectivity index (χ4n) is 3.16. The molecule has 0 fully saturated rings. The maximum atomic E-state index is 13.1. The summed E-state index contributed by atoms with van der Waals surface area (Å²) in [7, 11) is 1.63. The minimum atomic E-state index is -0.0161. The minimum absolute atomic E-state index is 0.0161. The van der Waals surface area contributed by atoms with E-state index < -0.39 is 0 Å². The largest absolute Gasteiger partial charge is 0.497 e. The van der Waals surface area contributed by atoms with Crippen LogP contribution in [0.5, 0.6) is 5.75 Å². The molecule has 1 amide bonds. The second-order valence-electron chi connectivity index (χ2n) is 6.17. The van der Waals surface area contributed by atoms with Gasteiger partial charge in [-0.1, -0.05) is 44.9 Å². The van der Waals surface area contributed by atoms with Crippen LogP contribution >= 0.6 is 27.5 Å². The van der Waals surface area contributed by atoms with Crippen molar-refractivity contribution in [1.29, 1.82) is 0 Å². The molecule has 0 unspecified atom stereocenters. The van der Waals surface area contributed by atoms with Crippen LogP contribution in [-0.2, 0) is 23.1 Å². The lowest BCUT2D eigenvalue weighted by Gasteiger charge is -2.23. The number of nitrogens with zero attached hydrogens (tertiary/aromatic N) is 4.